The highest BCUT2D eigenvalue weighted by Gasteiger charge is 2.56. The quantitative estimate of drug-likeness (QED) is 0.0785. The fourth-order valence-corrected chi connectivity index (χ4v) is 13.1. The highest BCUT2D eigenvalue weighted by molar-refractivity contribution is 8.00. The maximum absolute atomic E-state index is 13.3. The van der Waals surface area contributed by atoms with Crippen LogP contribution >= 0.6 is 29.0 Å². The normalized spacial score (nSPS) is 27.9. The molecule has 0 aromatic carbocycles. The van der Waals surface area contributed by atoms with Gasteiger partial charge in [0.15, 0.2) is 45.2 Å². The van der Waals surface area contributed by atoms with E-state index in [0.29, 0.717) is 0 Å². The lowest BCUT2D eigenvalue weighted by Crippen LogP contribution is -2.50. The summed E-state index contributed by atoms with van der Waals surface area (Å²) in [5, 5.41) is 3.34. The minimum atomic E-state index is -2.72. The van der Waals surface area contributed by atoms with Crippen LogP contribution in [0.1, 0.15) is 80.8 Å². The van der Waals surface area contributed by atoms with E-state index in [1.807, 2.05) is 13.1 Å². The Balaban J connectivity index is 1.29. The molecule has 7 heterocycles. The van der Waals surface area contributed by atoms with Gasteiger partial charge in [-0.3, -0.25) is 48.9 Å². The number of carbonyl (C=O) groups excluding carboxylic acids is 2. The molecule has 4 aromatic rings. The zero-order valence-electron chi connectivity index (χ0n) is 40.7. The number of nitrogens with zero attached hydrogens (tertiary/aromatic N) is 6. The number of hydrogen-bond donors (Lipinski definition) is 6. The highest BCUT2D eigenvalue weighted by Crippen LogP contribution is 2.55. The van der Waals surface area contributed by atoms with Crippen molar-refractivity contribution >= 4 is 91.6 Å². The van der Waals surface area contributed by atoms with Crippen molar-refractivity contribution in [1.82, 2.24) is 39.0 Å². The molecule has 0 radical (unpaired) electrons. The van der Waals surface area contributed by atoms with E-state index in [2.05, 4.69) is 95.2 Å². The summed E-state index contributed by atoms with van der Waals surface area (Å²) in [7, 11) is -10.8. The molecule has 6 N–H and O–H groups in total. The number of anilines is 2. The number of ether oxygens (including phenoxy) is 1. The molecule has 0 spiro atoms. The van der Waals surface area contributed by atoms with Crippen LogP contribution in [-0.2, 0) is 41.3 Å². The number of fused-ring (bicyclic) bond motifs is 6. The van der Waals surface area contributed by atoms with E-state index < -0.39 is 104 Å². The summed E-state index contributed by atoms with van der Waals surface area (Å²) < 4.78 is 49.5. The van der Waals surface area contributed by atoms with Crippen molar-refractivity contribution < 1.29 is 51.1 Å². The fourth-order valence-electron chi connectivity index (χ4n) is 7.08. The molecule has 0 aliphatic carbocycles. The largest absolute Gasteiger partial charge is 0.410 e. The number of carbonyl (C=O) groups is 2. The zero-order chi connectivity index (χ0) is 50.0. The number of nitrogens with one attached hydrogen (secondary N) is 4. The molecule has 2 amide bonds. The van der Waals surface area contributed by atoms with E-state index in [4.69, 9.17) is 31.7 Å². The predicted molar refractivity (Wildman–Crippen MR) is 262 cm³/mol. The number of H-pyrrole nitrogens is 2. The number of imidazole rings is 2. The van der Waals surface area contributed by atoms with Gasteiger partial charge >= 0.3 is 17.2 Å². The van der Waals surface area contributed by atoms with Crippen LogP contribution in [0.4, 0.5) is 11.9 Å². The number of amides is 2. The van der Waals surface area contributed by atoms with Crippen LogP contribution in [0.3, 0.4) is 0 Å². The van der Waals surface area contributed by atoms with Crippen LogP contribution < -0.4 is 21.8 Å². The van der Waals surface area contributed by atoms with Crippen LogP contribution in [0.2, 0.25) is 36.3 Å². The summed E-state index contributed by atoms with van der Waals surface area (Å²) in [4.78, 5) is 98.8. The summed E-state index contributed by atoms with van der Waals surface area (Å²) >= 11 is 1.34. The molecule has 3 aliphatic rings. The first-order chi connectivity index (χ1) is 31.6. The Kier molecular flexibility index (Phi) is 15.4. The van der Waals surface area contributed by atoms with E-state index in [-0.39, 0.29) is 69.3 Å². The standard InChI is InChI=1S/C40H64N10O13P2SSi2/c1-19(2)31(51)45-37-43-29-23(33(53)47-37)41-17-49(29)35-27-25(62-67(11,12)39(5,6)7)21(59-35)15-57-64(55)61-28-26(63-68(13,14)40(8,9)10)22(16-58-65(56)60-27)66-36(28)50-18-42-24-30(50)44-38(48-34(24)54)46-32(52)20(3)4/h17-22,25-28,35-36,55-56H,15-16H2,1-14H3,(H2,43,45,47,51,53)(H2,44,46,48,52,54)/t21-,22-,25-,26-,27-,28-,35-,36-,64?,65?/m1/s1. The molecule has 376 valence electrons. The number of hydrogen-bond acceptors (Lipinski definition) is 18. The first kappa shape index (κ1) is 52.7. The van der Waals surface area contributed by atoms with Crippen LogP contribution in [-0.4, -0.2) is 126 Å². The Morgan fingerprint density at radius 3 is 1.72 bits per heavy atom. The molecule has 23 nitrogen and oxygen atoms in total. The van der Waals surface area contributed by atoms with E-state index in [0.717, 1.165) is 0 Å². The van der Waals surface area contributed by atoms with Crippen molar-refractivity contribution in [2.24, 2.45) is 11.8 Å². The lowest BCUT2D eigenvalue weighted by atomic mass is 10.1. The Hall–Kier alpha value is -3.08. The lowest BCUT2D eigenvalue weighted by Gasteiger charge is -2.41. The molecule has 28 heteroatoms. The van der Waals surface area contributed by atoms with Gasteiger partial charge in [0.05, 0.1) is 37.2 Å². The van der Waals surface area contributed by atoms with E-state index >= 15 is 0 Å². The average Bonchev–Trinajstić information content (AvgIpc) is 3.99. The van der Waals surface area contributed by atoms with Gasteiger partial charge in [-0.25, -0.2) is 9.97 Å². The Bertz CT molecular complexity index is 2440. The summed E-state index contributed by atoms with van der Waals surface area (Å²) in [6, 6.07) is 0. The van der Waals surface area contributed by atoms with Gasteiger partial charge in [-0.05, 0) is 36.3 Å². The molecule has 4 bridgehead atoms. The van der Waals surface area contributed by atoms with Crippen molar-refractivity contribution in [3.05, 3.63) is 33.4 Å². The molecular weight excluding hydrogens is 979 g/mol. The summed E-state index contributed by atoms with van der Waals surface area (Å²) in [5.41, 5.74) is -1.04. The van der Waals surface area contributed by atoms with Crippen LogP contribution in [0, 0.1) is 11.8 Å². The lowest BCUT2D eigenvalue weighted by molar-refractivity contribution is -0.119. The summed E-state index contributed by atoms with van der Waals surface area (Å²) in [5.74, 6) is -1.71. The van der Waals surface area contributed by atoms with Crippen molar-refractivity contribution in [2.75, 3.05) is 23.8 Å². The van der Waals surface area contributed by atoms with Gasteiger partial charge < -0.3 is 41.5 Å². The van der Waals surface area contributed by atoms with E-state index in [1.165, 1.54) is 29.0 Å². The Morgan fingerprint density at radius 2 is 1.22 bits per heavy atom. The topological polar surface area (TPSA) is 290 Å². The number of aromatic nitrogens is 8. The van der Waals surface area contributed by atoms with Gasteiger partial charge in [0.25, 0.3) is 11.1 Å². The SMILES string of the molecule is CC(C)C(=O)Nc1nc2c(ncn2[C@@H]2O[C@@H]3COP(O)O[C@@H]4[C@H](O[Si](C)(C)C(C)(C)C)[C@@H](COP(O)O[C@@H]2[C@@H]3O[Si](C)(C)C(C)(C)C)S[C@H]4n2cnc3c(=O)[nH]c(NC(=O)C(C)C)nc32)c(=O)[nH]1. The van der Waals surface area contributed by atoms with Crippen molar-refractivity contribution in [1.29, 1.82) is 0 Å². The number of thioether (sulfide) groups is 1. The summed E-state index contributed by atoms with van der Waals surface area (Å²) in [6.07, 6.45) is -3.22. The Morgan fingerprint density at radius 1 is 0.765 bits per heavy atom. The third-order valence-corrected chi connectivity index (χ3v) is 25.2. The highest BCUT2D eigenvalue weighted by atomic mass is 32.2. The van der Waals surface area contributed by atoms with Crippen molar-refractivity contribution in [3.8, 4) is 0 Å². The molecule has 3 saturated heterocycles. The molecule has 3 fully saturated rings. The second-order valence-corrected chi connectivity index (χ2v) is 33.6. The third kappa shape index (κ3) is 10.9. The molecule has 0 saturated carbocycles. The number of rotatable bonds is 10. The molecule has 7 rings (SSSR count). The van der Waals surface area contributed by atoms with Gasteiger partial charge in [0.1, 0.15) is 29.8 Å². The number of aromatic amines is 2. The average molecular weight is 1040 g/mol. The fraction of sp³-hybridized carbons (Fsp3) is 0.700. The van der Waals surface area contributed by atoms with Gasteiger partial charge in [-0.1, -0.05) is 69.2 Å². The van der Waals surface area contributed by atoms with Crippen LogP contribution in [0.5, 0.6) is 0 Å². The second kappa shape index (κ2) is 19.8. The van der Waals surface area contributed by atoms with Crippen LogP contribution in [0.15, 0.2) is 22.2 Å². The van der Waals surface area contributed by atoms with E-state index in [9.17, 15) is 29.0 Å². The third-order valence-electron chi connectivity index (χ3n) is 13.1. The zero-order valence-corrected chi connectivity index (χ0v) is 45.3. The van der Waals surface area contributed by atoms with Gasteiger partial charge in [-0.15, -0.1) is 11.8 Å². The minimum Gasteiger partial charge on any atom is -0.410 e. The first-order valence-electron chi connectivity index (χ1n) is 22.4. The van der Waals surface area contributed by atoms with E-state index in [1.54, 1.807) is 32.3 Å². The van der Waals surface area contributed by atoms with Gasteiger partial charge in [-0.2, -0.15) is 9.97 Å². The monoisotopic (exact) mass is 1040 g/mol. The van der Waals surface area contributed by atoms with Crippen molar-refractivity contribution in [3.63, 3.8) is 0 Å². The second-order valence-electron chi connectivity index (χ2n) is 20.8. The molecule has 68 heavy (non-hydrogen) atoms. The van der Waals surface area contributed by atoms with Gasteiger partial charge in [0, 0.05) is 11.8 Å². The maximum Gasteiger partial charge on any atom is 0.330 e. The maximum atomic E-state index is 13.3. The molecule has 4 aromatic heterocycles. The smallest absolute Gasteiger partial charge is 0.330 e. The Labute approximate surface area is 402 Å². The predicted octanol–water partition coefficient (Wildman–Crippen LogP) is 5.99. The molecule has 10 atom stereocenters. The van der Waals surface area contributed by atoms with Crippen LogP contribution in [0.25, 0.3) is 22.3 Å². The first-order valence-corrected chi connectivity index (χ1v) is 31.4. The molecule has 2 unspecified atom stereocenters. The van der Waals surface area contributed by atoms with Crippen molar-refractivity contribution in [2.45, 2.75) is 153 Å². The molecular formula is C40H64N10O13P2SSi2. The molecule has 3 aliphatic heterocycles. The van der Waals surface area contributed by atoms with Gasteiger partial charge in [0.2, 0.25) is 23.7 Å². The summed E-state index contributed by atoms with van der Waals surface area (Å²) in [6.45, 7) is 27.1. The minimum absolute atomic E-state index is 0.00616.